The van der Waals surface area contributed by atoms with E-state index in [4.69, 9.17) is 0 Å². The van der Waals surface area contributed by atoms with Crippen LogP contribution in [0.15, 0.2) is 54.7 Å². The number of hydrogen-bond acceptors (Lipinski definition) is 5. The van der Waals surface area contributed by atoms with Crippen LogP contribution in [0.5, 0.6) is 0 Å². The number of benzene rings is 2. The molecule has 3 atom stereocenters. The Morgan fingerprint density at radius 3 is 2.64 bits per heavy atom. The number of amides is 1. The van der Waals surface area contributed by atoms with Gasteiger partial charge in [-0.2, -0.15) is 0 Å². The first-order valence-electron chi connectivity index (χ1n) is 9.73. The largest absolute Gasteiger partial charge is 0.396 e. The number of hydrogen-bond donors (Lipinski definition) is 4. The third-order valence-corrected chi connectivity index (χ3v) is 6.30. The van der Waals surface area contributed by atoms with Gasteiger partial charge in [-0.1, -0.05) is 30.3 Å². The Kier molecular flexibility index (Phi) is 3.92. The summed E-state index contributed by atoms with van der Waals surface area (Å²) in [6.07, 6.45) is 2.58. The average molecular weight is 376 g/mol. The maximum Gasteiger partial charge on any atom is 0.253 e. The van der Waals surface area contributed by atoms with Crippen LogP contribution in [0.2, 0.25) is 0 Å². The fraction of sp³-hybridized carbons (Fsp3) is 0.318. The molecule has 1 saturated heterocycles. The number of rotatable bonds is 3. The molecule has 1 fully saturated rings. The normalized spacial score (nSPS) is 28.3. The van der Waals surface area contributed by atoms with Crippen LogP contribution in [-0.2, 0) is 11.2 Å². The monoisotopic (exact) mass is 376 g/mol. The number of aliphatic hydroxyl groups is 1. The highest BCUT2D eigenvalue weighted by molar-refractivity contribution is 6.06. The molecule has 1 amide bonds. The van der Waals surface area contributed by atoms with Crippen LogP contribution in [0.1, 0.15) is 18.1 Å². The summed E-state index contributed by atoms with van der Waals surface area (Å²) in [6, 6.07) is 16.3. The van der Waals surface area contributed by atoms with E-state index in [0.29, 0.717) is 13.0 Å². The molecule has 3 aliphatic heterocycles. The third kappa shape index (κ3) is 2.45. The smallest absolute Gasteiger partial charge is 0.253 e. The molecular formula is C22H24N4O2. The maximum atomic E-state index is 13.5. The molecule has 2 aromatic rings. The van der Waals surface area contributed by atoms with E-state index in [1.807, 2.05) is 41.4 Å². The first-order chi connectivity index (χ1) is 13.6. The van der Waals surface area contributed by atoms with Gasteiger partial charge in [0.15, 0.2) is 0 Å². The van der Waals surface area contributed by atoms with Gasteiger partial charge in [0.1, 0.15) is 5.54 Å². The van der Waals surface area contributed by atoms with Crippen molar-refractivity contribution in [3.05, 3.63) is 65.9 Å². The van der Waals surface area contributed by atoms with Gasteiger partial charge < -0.3 is 20.7 Å². The molecule has 144 valence electrons. The highest BCUT2D eigenvalue weighted by Gasteiger charge is 2.56. The molecule has 28 heavy (non-hydrogen) atoms. The number of para-hydroxylation sites is 1. The van der Waals surface area contributed by atoms with Gasteiger partial charge in [0.25, 0.3) is 5.91 Å². The third-order valence-electron chi connectivity index (χ3n) is 6.30. The van der Waals surface area contributed by atoms with Crippen LogP contribution in [0.25, 0.3) is 5.57 Å². The van der Waals surface area contributed by atoms with Crippen LogP contribution < -0.4 is 21.1 Å². The van der Waals surface area contributed by atoms with E-state index in [2.05, 4.69) is 41.3 Å². The summed E-state index contributed by atoms with van der Waals surface area (Å²) in [4.78, 5) is 15.3. The number of carbonyl (C=O) groups excluding carboxylic acids is 1. The number of hydrazine groups is 1. The van der Waals surface area contributed by atoms with E-state index in [1.165, 1.54) is 5.57 Å². The van der Waals surface area contributed by atoms with Crippen LogP contribution in [0.4, 0.5) is 11.4 Å². The van der Waals surface area contributed by atoms with Crippen LogP contribution in [0.3, 0.4) is 0 Å². The fourth-order valence-electron chi connectivity index (χ4n) is 4.68. The van der Waals surface area contributed by atoms with Crippen molar-refractivity contribution in [2.75, 3.05) is 23.4 Å². The summed E-state index contributed by atoms with van der Waals surface area (Å²) >= 11 is 0. The Bertz CT molecular complexity index is 928. The summed E-state index contributed by atoms with van der Waals surface area (Å²) in [5, 5.41) is 13.5. The highest BCUT2D eigenvalue weighted by atomic mass is 16.3. The zero-order valence-corrected chi connectivity index (χ0v) is 15.8. The minimum absolute atomic E-state index is 0.0248. The number of nitrogens with zero attached hydrogens (tertiary/aromatic N) is 1. The minimum atomic E-state index is -0.757. The van der Waals surface area contributed by atoms with E-state index < -0.39 is 5.54 Å². The van der Waals surface area contributed by atoms with Crippen LogP contribution in [-0.4, -0.2) is 35.7 Å². The van der Waals surface area contributed by atoms with Crippen molar-refractivity contribution < 1.29 is 9.90 Å². The molecule has 3 heterocycles. The van der Waals surface area contributed by atoms with E-state index in [-0.39, 0.29) is 24.5 Å². The second-order valence-corrected chi connectivity index (χ2v) is 7.88. The molecule has 6 nitrogen and oxygen atoms in total. The molecule has 3 aliphatic rings. The van der Waals surface area contributed by atoms with E-state index in [1.54, 1.807) is 0 Å². The highest BCUT2D eigenvalue weighted by Crippen LogP contribution is 2.43. The summed E-state index contributed by atoms with van der Waals surface area (Å²) in [5.74, 6) is -0.120. The van der Waals surface area contributed by atoms with Crippen molar-refractivity contribution in [1.29, 1.82) is 0 Å². The van der Waals surface area contributed by atoms with Crippen molar-refractivity contribution in [3.63, 3.8) is 0 Å². The number of nitrogens with one attached hydrogen (secondary N) is 3. The van der Waals surface area contributed by atoms with Crippen molar-refractivity contribution in [1.82, 2.24) is 10.9 Å². The molecule has 2 aromatic carbocycles. The Morgan fingerprint density at radius 2 is 1.96 bits per heavy atom. The number of carbonyl (C=O) groups is 1. The standard InChI is InChI=1S/C22H24N4O2/c1-14-19(11-23-25-14)15-6-8-18(9-7-15)26-12-17(13-27)22(21(26)28)10-16-4-2-3-5-20(16)24-22/h2-9,11,14,17,23-25,27H,10,12-13H2,1H3/t14?,17?,22-/m1/s1. The lowest BCUT2D eigenvalue weighted by Crippen LogP contribution is -2.50. The lowest BCUT2D eigenvalue weighted by Gasteiger charge is -2.28. The van der Waals surface area contributed by atoms with E-state index in [9.17, 15) is 9.90 Å². The molecule has 0 bridgehead atoms. The number of fused-ring (bicyclic) bond motifs is 1. The fourth-order valence-corrected chi connectivity index (χ4v) is 4.68. The van der Waals surface area contributed by atoms with Gasteiger partial charge in [-0.05, 0) is 41.8 Å². The molecule has 0 saturated carbocycles. The SMILES string of the molecule is CC1NNC=C1c1ccc(N2CC(CO)[C@]3(Cc4ccccc4N3)C2=O)cc1. The first-order valence-corrected chi connectivity index (χ1v) is 9.73. The zero-order valence-electron chi connectivity index (χ0n) is 15.8. The summed E-state index contributed by atoms with van der Waals surface area (Å²) < 4.78 is 0. The minimum Gasteiger partial charge on any atom is -0.396 e. The molecule has 1 spiro atoms. The van der Waals surface area contributed by atoms with Crippen molar-refractivity contribution in [2.24, 2.45) is 5.92 Å². The predicted octanol–water partition coefficient (Wildman–Crippen LogP) is 1.89. The second-order valence-electron chi connectivity index (χ2n) is 7.88. The van der Waals surface area contributed by atoms with Gasteiger partial charge in [0.05, 0.1) is 12.6 Å². The van der Waals surface area contributed by atoms with Crippen molar-refractivity contribution in [3.8, 4) is 0 Å². The van der Waals surface area contributed by atoms with Gasteiger partial charge in [0.2, 0.25) is 0 Å². The van der Waals surface area contributed by atoms with Gasteiger partial charge in [0, 0.05) is 36.5 Å². The second kappa shape index (κ2) is 6.36. The number of aliphatic hydroxyl groups excluding tert-OH is 1. The molecule has 0 aromatic heterocycles. The Morgan fingerprint density at radius 1 is 1.18 bits per heavy atom. The van der Waals surface area contributed by atoms with E-state index >= 15 is 0 Å². The molecule has 4 N–H and O–H groups in total. The summed E-state index contributed by atoms with van der Waals surface area (Å²) in [5.41, 5.74) is 10.8. The lowest BCUT2D eigenvalue weighted by molar-refractivity contribution is -0.121. The quantitative estimate of drug-likeness (QED) is 0.658. The molecule has 0 aliphatic carbocycles. The Balaban J connectivity index is 1.44. The van der Waals surface area contributed by atoms with Gasteiger partial charge >= 0.3 is 0 Å². The summed E-state index contributed by atoms with van der Waals surface area (Å²) in [7, 11) is 0. The Labute approximate surface area is 164 Å². The van der Waals surface area contributed by atoms with Crippen molar-refractivity contribution in [2.45, 2.75) is 24.9 Å². The molecule has 6 heteroatoms. The molecule has 0 radical (unpaired) electrons. The maximum absolute atomic E-state index is 13.5. The van der Waals surface area contributed by atoms with Crippen molar-refractivity contribution >= 4 is 22.9 Å². The van der Waals surface area contributed by atoms with Gasteiger partial charge in [-0.15, -0.1) is 0 Å². The van der Waals surface area contributed by atoms with Crippen LogP contribution in [0, 0.1) is 5.92 Å². The number of anilines is 2. The van der Waals surface area contributed by atoms with Crippen LogP contribution >= 0.6 is 0 Å². The molecular weight excluding hydrogens is 352 g/mol. The lowest BCUT2D eigenvalue weighted by atomic mass is 9.84. The average Bonchev–Trinajstić information content (AvgIpc) is 3.39. The zero-order chi connectivity index (χ0) is 19.3. The topological polar surface area (TPSA) is 76.6 Å². The molecule has 5 rings (SSSR count). The predicted molar refractivity (Wildman–Crippen MR) is 110 cm³/mol. The van der Waals surface area contributed by atoms with Gasteiger partial charge in [-0.25, -0.2) is 5.43 Å². The summed E-state index contributed by atoms with van der Waals surface area (Å²) in [6.45, 7) is 2.59. The molecule has 2 unspecified atom stereocenters. The van der Waals surface area contributed by atoms with E-state index in [0.717, 1.165) is 22.5 Å². The Hall–Kier alpha value is -2.83. The first kappa shape index (κ1) is 17.3. The van der Waals surface area contributed by atoms with Gasteiger partial charge in [-0.3, -0.25) is 4.79 Å².